The lowest BCUT2D eigenvalue weighted by atomic mass is 9.84. The number of amides is 5. The summed E-state index contributed by atoms with van der Waals surface area (Å²) in [5, 5.41) is 21.2. The molecular formula is C47H61N7O6. The molecule has 4 aromatic rings. The van der Waals surface area contributed by atoms with Gasteiger partial charge in [0.15, 0.2) is 0 Å². The van der Waals surface area contributed by atoms with E-state index in [0.29, 0.717) is 31.7 Å². The van der Waals surface area contributed by atoms with Gasteiger partial charge in [0.2, 0.25) is 11.8 Å². The number of urea groups is 1. The highest BCUT2D eigenvalue weighted by molar-refractivity contribution is 5.89. The minimum Gasteiger partial charge on any atom is -0.453 e. The fourth-order valence-electron chi connectivity index (χ4n) is 7.73. The number of ether oxygens (including phenoxy) is 1. The number of benzene rings is 3. The highest BCUT2D eigenvalue weighted by Crippen LogP contribution is 2.30. The van der Waals surface area contributed by atoms with Crippen LogP contribution in [0.3, 0.4) is 0 Å². The summed E-state index contributed by atoms with van der Waals surface area (Å²) in [6.07, 6.45) is 0.520. The Morgan fingerprint density at radius 3 is 2.07 bits per heavy atom. The Bertz CT molecular complexity index is 2050. The van der Waals surface area contributed by atoms with E-state index in [1.165, 1.54) is 7.11 Å². The third-order valence-corrected chi connectivity index (χ3v) is 10.8. The monoisotopic (exact) mass is 819 g/mol. The van der Waals surface area contributed by atoms with Gasteiger partial charge in [0.25, 0.3) is 0 Å². The molecular weight excluding hydrogens is 759 g/mol. The first-order chi connectivity index (χ1) is 28.4. The molecule has 320 valence electrons. The van der Waals surface area contributed by atoms with Crippen LogP contribution in [0.25, 0.3) is 11.3 Å². The van der Waals surface area contributed by atoms with E-state index in [9.17, 15) is 24.3 Å². The van der Waals surface area contributed by atoms with E-state index in [1.807, 2.05) is 133 Å². The van der Waals surface area contributed by atoms with Crippen molar-refractivity contribution in [1.29, 1.82) is 0 Å². The van der Waals surface area contributed by atoms with Crippen LogP contribution in [-0.4, -0.2) is 94.3 Å². The number of hydrogen-bond acceptors (Lipinski definition) is 8. The molecule has 1 saturated heterocycles. The van der Waals surface area contributed by atoms with Crippen molar-refractivity contribution in [3.63, 3.8) is 0 Å². The molecule has 1 aliphatic rings. The van der Waals surface area contributed by atoms with Crippen molar-refractivity contribution in [2.45, 2.75) is 97.6 Å². The normalized spacial score (nSPS) is 15.7. The van der Waals surface area contributed by atoms with Gasteiger partial charge in [-0.15, -0.1) is 0 Å². The Balaban J connectivity index is 1.42. The summed E-state index contributed by atoms with van der Waals surface area (Å²) < 4.78 is 4.84. The maximum absolute atomic E-state index is 14.6. The zero-order valence-electron chi connectivity index (χ0n) is 35.9. The number of alkyl carbamates (subject to hydrolysis) is 1. The van der Waals surface area contributed by atoms with E-state index in [-0.39, 0.29) is 24.8 Å². The molecule has 2 heterocycles. The second-order valence-corrected chi connectivity index (χ2v) is 17.8. The molecule has 5 rings (SSSR count). The number of nitrogens with one attached hydrogen (secondary N) is 3. The summed E-state index contributed by atoms with van der Waals surface area (Å²) in [7, 11) is 1.24. The van der Waals surface area contributed by atoms with Gasteiger partial charge in [0, 0.05) is 43.1 Å². The number of aliphatic hydroxyl groups is 1. The number of nitrogens with two attached hydrogens (primary N) is 1. The van der Waals surface area contributed by atoms with Crippen molar-refractivity contribution < 1.29 is 29.0 Å². The van der Waals surface area contributed by atoms with Crippen LogP contribution < -0.4 is 21.7 Å². The van der Waals surface area contributed by atoms with Gasteiger partial charge in [-0.3, -0.25) is 14.6 Å². The minimum absolute atomic E-state index is 0.0530. The predicted molar refractivity (Wildman–Crippen MR) is 233 cm³/mol. The van der Waals surface area contributed by atoms with Crippen molar-refractivity contribution in [3.05, 3.63) is 120 Å². The standard InChI is InChI=1S/C47H61N7O6/c1-46(2,3)40(52-44(58)60-7)42(56)50-36(27-32-19-21-34(22-20-32)37-18-11-12-23-49-37)29-39(55)38(28-31-14-9-8-10-15-31)51-43(57)41(47(4,5)6)54-25-24-53(45(54)59)30-33-16-13-17-35(48)26-33/h8-23,26,36,38-41,55H,24-25,27-30,48H2,1-7H3,(H,50,56)(H,51,57)(H,52,58). The summed E-state index contributed by atoms with van der Waals surface area (Å²) >= 11 is 0. The minimum atomic E-state index is -1.15. The summed E-state index contributed by atoms with van der Waals surface area (Å²) in [4.78, 5) is 62.7. The average molecular weight is 820 g/mol. The summed E-state index contributed by atoms with van der Waals surface area (Å²) in [5.41, 5.74) is 9.70. The quantitative estimate of drug-likeness (QED) is 0.0860. The summed E-state index contributed by atoms with van der Waals surface area (Å²) in [5.74, 6) is -0.829. The van der Waals surface area contributed by atoms with Gasteiger partial charge in [-0.25, -0.2) is 9.59 Å². The van der Waals surface area contributed by atoms with Crippen molar-refractivity contribution in [2.75, 3.05) is 25.9 Å². The van der Waals surface area contributed by atoms with Crippen molar-refractivity contribution >= 4 is 29.6 Å². The number of methoxy groups -OCH3 is 1. The molecule has 60 heavy (non-hydrogen) atoms. The van der Waals surface area contributed by atoms with Crippen molar-refractivity contribution in [2.24, 2.45) is 10.8 Å². The van der Waals surface area contributed by atoms with E-state index in [0.717, 1.165) is 27.9 Å². The molecule has 1 fully saturated rings. The van der Waals surface area contributed by atoms with Crippen LogP contribution in [0, 0.1) is 10.8 Å². The average Bonchev–Trinajstić information content (AvgIpc) is 3.54. The fraction of sp³-hybridized carbons (Fsp3) is 0.426. The molecule has 3 aromatic carbocycles. The Hall–Kier alpha value is -5.95. The van der Waals surface area contributed by atoms with Crippen LogP contribution in [0.4, 0.5) is 15.3 Å². The van der Waals surface area contributed by atoms with Gasteiger partial charge in [-0.05, 0) is 71.0 Å². The second kappa shape index (κ2) is 19.9. The van der Waals surface area contributed by atoms with E-state index in [2.05, 4.69) is 20.9 Å². The smallest absolute Gasteiger partial charge is 0.407 e. The van der Waals surface area contributed by atoms with Crippen LogP contribution in [-0.2, 0) is 33.7 Å². The molecule has 0 bridgehead atoms. The Morgan fingerprint density at radius 2 is 1.45 bits per heavy atom. The number of anilines is 1. The maximum Gasteiger partial charge on any atom is 0.407 e. The van der Waals surface area contributed by atoms with Crippen LogP contribution in [0.5, 0.6) is 0 Å². The van der Waals surface area contributed by atoms with E-state index in [4.69, 9.17) is 10.5 Å². The summed E-state index contributed by atoms with van der Waals surface area (Å²) in [6.45, 7) is 12.4. The Morgan fingerprint density at radius 1 is 0.783 bits per heavy atom. The lowest BCUT2D eigenvalue weighted by Gasteiger charge is -2.38. The number of pyridine rings is 1. The number of aromatic nitrogens is 1. The predicted octanol–water partition coefficient (Wildman–Crippen LogP) is 5.96. The van der Waals surface area contributed by atoms with Crippen LogP contribution in [0.2, 0.25) is 0 Å². The number of carbonyl (C=O) groups excluding carboxylic acids is 4. The molecule has 5 atom stereocenters. The molecule has 1 aromatic heterocycles. The van der Waals surface area contributed by atoms with Gasteiger partial charge >= 0.3 is 12.1 Å². The first-order valence-corrected chi connectivity index (χ1v) is 20.5. The van der Waals surface area contributed by atoms with Crippen LogP contribution >= 0.6 is 0 Å². The van der Waals surface area contributed by atoms with Crippen LogP contribution in [0.1, 0.15) is 64.7 Å². The molecule has 0 spiro atoms. The first-order valence-electron chi connectivity index (χ1n) is 20.5. The Kier molecular flexibility index (Phi) is 14.9. The lowest BCUT2D eigenvalue weighted by molar-refractivity contribution is -0.131. The zero-order valence-corrected chi connectivity index (χ0v) is 35.9. The number of nitrogen functional groups attached to an aromatic ring is 1. The van der Waals surface area contributed by atoms with E-state index >= 15 is 0 Å². The van der Waals surface area contributed by atoms with Gasteiger partial charge in [-0.1, -0.05) is 114 Å². The molecule has 13 heteroatoms. The number of rotatable bonds is 16. The maximum atomic E-state index is 14.6. The van der Waals surface area contributed by atoms with E-state index in [1.54, 1.807) is 22.1 Å². The number of carbonyl (C=O) groups is 4. The lowest BCUT2D eigenvalue weighted by Crippen LogP contribution is -2.59. The molecule has 0 saturated carbocycles. The molecule has 6 N–H and O–H groups in total. The van der Waals surface area contributed by atoms with Gasteiger partial charge < -0.3 is 41.3 Å². The number of nitrogens with zero attached hydrogens (tertiary/aromatic N) is 3. The summed E-state index contributed by atoms with van der Waals surface area (Å²) in [6, 6.07) is 27.0. The molecule has 5 unspecified atom stereocenters. The SMILES string of the molecule is COC(=O)NC(C(=O)NC(Cc1ccc(-c2ccccn2)cc1)CC(O)C(Cc1ccccc1)NC(=O)C(N1CCN(Cc2cccc(N)c2)C1=O)C(C)(C)C)C(C)(C)C. The molecule has 13 nitrogen and oxygen atoms in total. The molecule has 0 radical (unpaired) electrons. The third kappa shape index (κ3) is 12.3. The largest absolute Gasteiger partial charge is 0.453 e. The van der Waals surface area contributed by atoms with Crippen LogP contribution in [0.15, 0.2) is 103 Å². The molecule has 0 aliphatic carbocycles. The number of hydrogen-bond donors (Lipinski definition) is 5. The van der Waals surface area contributed by atoms with Crippen molar-refractivity contribution in [1.82, 2.24) is 30.7 Å². The Labute approximate surface area is 354 Å². The second-order valence-electron chi connectivity index (χ2n) is 17.8. The molecule has 1 aliphatic heterocycles. The molecule has 5 amide bonds. The van der Waals surface area contributed by atoms with Gasteiger partial charge in [-0.2, -0.15) is 0 Å². The zero-order chi connectivity index (χ0) is 43.6. The first kappa shape index (κ1) is 45.1. The fourth-order valence-corrected chi connectivity index (χ4v) is 7.73. The highest BCUT2D eigenvalue weighted by atomic mass is 16.5. The third-order valence-electron chi connectivity index (χ3n) is 10.8. The topological polar surface area (TPSA) is 179 Å². The van der Waals surface area contributed by atoms with Gasteiger partial charge in [0.05, 0.1) is 24.9 Å². The number of aliphatic hydroxyl groups excluding tert-OH is 1. The highest BCUT2D eigenvalue weighted by Gasteiger charge is 2.44. The van der Waals surface area contributed by atoms with Crippen molar-refractivity contribution in [3.8, 4) is 11.3 Å². The van der Waals surface area contributed by atoms with Gasteiger partial charge in [0.1, 0.15) is 12.1 Å². The van der Waals surface area contributed by atoms with E-state index < -0.39 is 53.1 Å².